The van der Waals surface area contributed by atoms with Crippen LogP contribution in [0.3, 0.4) is 0 Å². The predicted molar refractivity (Wildman–Crippen MR) is 100.0 cm³/mol. The molecule has 0 bridgehead atoms. The number of nitrogens with zero attached hydrogens (tertiary/aromatic N) is 1. The van der Waals surface area contributed by atoms with Crippen molar-refractivity contribution < 1.29 is 22.7 Å². The molecule has 6 nitrogen and oxygen atoms in total. The van der Waals surface area contributed by atoms with E-state index in [1.165, 1.54) is 34.2 Å². The van der Waals surface area contributed by atoms with Crippen molar-refractivity contribution >= 4 is 33.5 Å². The number of carbonyl (C=O) groups is 2. The van der Waals surface area contributed by atoms with Crippen LogP contribution in [0.25, 0.3) is 0 Å². The highest BCUT2D eigenvalue weighted by atomic mass is 32.2. The molecule has 1 aromatic rings. The number of hydrogen-bond acceptors (Lipinski definition) is 6. The summed E-state index contributed by atoms with van der Waals surface area (Å²) in [4.78, 5) is 26.4. The molecule has 0 spiro atoms. The Balaban J connectivity index is 1.41. The average molecular weight is 398 g/mol. The van der Waals surface area contributed by atoms with Crippen LogP contribution in [0.4, 0.5) is 0 Å². The van der Waals surface area contributed by atoms with Gasteiger partial charge >= 0.3 is 5.97 Å². The van der Waals surface area contributed by atoms with E-state index in [4.69, 9.17) is 4.74 Å². The molecule has 1 aromatic carbocycles. The summed E-state index contributed by atoms with van der Waals surface area (Å²) in [6.07, 6.45) is 3.84. The van der Waals surface area contributed by atoms with Crippen LogP contribution in [0.1, 0.15) is 24.0 Å². The van der Waals surface area contributed by atoms with Crippen molar-refractivity contribution in [1.82, 2.24) is 4.90 Å². The molecule has 0 saturated carbocycles. The molecule has 0 N–H and O–H groups in total. The minimum absolute atomic E-state index is 0.0165. The first-order valence-electron chi connectivity index (χ1n) is 8.70. The zero-order chi connectivity index (χ0) is 18.7. The highest BCUT2D eigenvalue weighted by Crippen LogP contribution is 2.27. The van der Waals surface area contributed by atoms with Crippen molar-refractivity contribution in [2.45, 2.75) is 36.6 Å². The second-order valence-electron chi connectivity index (χ2n) is 6.79. The summed E-state index contributed by atoms with van der Waals surface area (Å²) < 4.78 is 28.0. The van der Waals surface area contributed by atoms with Gasteiger partial charge in [-0.25, -0.2) is 8.42 Å². The van der Waals surface area contributed by atoms with Crippen molar-refractivity contribution in [3.05, 3.63) is 29.3 Å². The number of benzene rings is 1. The van der Waals surface area contributed by atoms with Gasteiger partial charge in [-0.15, -0.1) is 11.8 Å². The zero-order valence-electron chi connectivity index (χ0n) is 14.8. The van der Waals surface area contributed by atoms with Crippen LogP contribution in [-0.4, -0.2) is 62.1 Å². The fourth-order valence-corrected chi connectivity index (χ4v) is 5.88. The quantitative estimate of drug-likeness (QED) is 0.534. The molecule has 1 atom stereocenters. The van der Waals surface area contributed by atoms with Crippen LogP contribution in [0.2, 0.25) is 0 Å². The Morgan fingerprint density at radius 3 is 2.77 bits per heavy atom. The van der Waals surface area contributed by atoms with Crippen molar-refractivity contribution in [3.8, 4) is 0 Å². The third-order valence-electron chi connectivity index (χ3n) is 4.93. The van der Waals surface area contributed by atoms with E-state index in [0.29, 0.717) is 6.42 Å². The monoisotopic (exact) mass is 397 g/mol. The summed E-state index contributed by atoms with van der Waals surface area (Å²) in [5.74, 6) is -0.587. The number of likely N-dealkylation sites (N-methyl/N-ethyl adjacent to an activating group) is 1. The number of aryl methyl sites for hydroxylation is 2. The summed E-state index contributed by atoms with van der Waals surface area (Å²) >= 11 is 1.40. The first kappa shape index (κ1) is 19.2. The highest BCUT2D eigenvalue weighted by molar-refractivity contribution is 8.00. The molecule has 1 aliphatic heterocycles. The number of sulfone groups is 1. The van der Waals surface area contributed by atoms with Crippen molar-refractivity contribution in [2.75, 3.05) is 30.9 Å². The molecule has 1 fully saturated rings. The van der Waals surface area contributed by atoms with E-state index in [2.05, 4.69) is 12.1 Å². The Morgan fingerprint density at radius 2 is 2.04 bits per heavy atom. The maximum Gasteiger partial charge on any atom is 0.316 e. The summed E-state index contributed by atoms with van der Waals surface area (Å²) in [7, 11) is -1.50. The first-order chi connectivity index (χ1) is 12.3. The molecule has 1 amide bonds. The molecule has 0 unspecified atom stereocenters. The van der Waals surface area contributed by atoms with Gasteiger partial charge in [-0.05, 0) is 48.9 Å². The van der Waals surface area contributed by atoms with E-state index in [1.807, 2.05) is 6.07 Å². The third kappa shape index (κ3) is 4.79. The van der Waals surface area contributed by atoms with E-state index in [1.54, 1.807) is 7.05 Å². The normalized spacial score (nSPS) is 20.6. The Morgan fingerprint density at radius 1 is 1.27 bits per heavy atom. The minimum Gasteiger partial charge on any atom is -0.455 e. The molecular weight excluding hydrogens is 374 g/mol. The highest BCUT2D eigenvalue weighted by Gasteiger charge is 2.32. The smallest absolute Gasteiger partial charge is 0.316 e. The van der Waals surface area contributed by atoms with Gasteiger partial charge in [-0.3, -0.25) is 9.59 Å². The van der Waals surface area contributed by atoms with Gasteiger partial charge in [0.15, 0.2) is 16.4 Å². The van der Waals surface area contributed by atoms with E-state index in [9.17, 15) is 18.0 Å². The lowest BCUT2D eigenvalue weighted by Crippen LogP contribution is -2.40. The van der Waals surface area contributed by atoms with E-state index in [-0.39, 0.29) is 35.8 Å². The Bertz CT molecular complexity index is 806. The van der Waals surface area contributed by atoms with Crippen LogP contribution in [-0.2, 0) is 37.0 Å². The number of ether oxygens (including phenoxy) is 1. The molecule has 2 aliphatic rings. The molecule has 8 heteroatoms. The Hall–Kier alpha value is -1.54. The number of fused-ring (bicyclic) bond motifs is 1. The lowest BCUT2D eigenvalue weighted by molar-refractivity contribution is -0.150. The van der Waals surface area contributed by atoms with Gasteiger partial charge < -0.3 is 9.64 Å². The maximum atomic E-state index is 12.1. The number of amides is 1. The lowest BCUT2D eigenvalue weighted by atomic mass is 10.1. The number of rotatable bonds is 6. The molecular formula is C18H23NO5S2. The van der Waals surface area contributed by atoms with Crippen molar-refractivity contribution in [2.24, 2.45) is 0 Å². The number of hydrogen-bond donors (Lipinski definition) is 0. The fourth-order valence-electron chi connectivity index (χ4n) is 3.35. The molecule has 3 rings (SSSR count). The molecule has 0 radical (unpaired) electrons. The van der Waals surface area contributed by atoms with Crippen molar-refractivity contribution in [1.29, 1.82) is 0 Å². The molecule has 1 aliphatic carbocycles. The third-order valence-corrected chi connectivity index (χ3v) is 7.65. The van der Waals surface area contributed by atoms with E-state index < -0.39 is 15.8 Å². The molecule has 1 heterocycles. The summed E-state index contributed by atoms with van der Waals surface area (Å²) in [6.45, 7) is -0.351. The zero-order valence-corrected chi connectivity index (χ0v) is 16.4. The van der Waals surface area contributed by atoms with Gasteiger partial charge in [0.05, 0.1) is 17.3 Å². The van der Waals surface area contributed by atoms with Crippen LogP contribution >= 0.6 is 11.8 Å². The fraction of sp³-hybridized carbons (Fsp3) is 0.556. The van der Waals surface area contributed by atoms with Gasteiger partial charge in [-0.1, -0.05) is 6.07 Å². The van der Waals surface area contributed by atoms with Gasteiger partial charge in [0.25, 0.3) is 5.91 Å². The van der Waals surface area contributed by atoms with Crippen LogP contribution in [0.15, 0.2) is 23.1 Å². The largest absolute Gasteiger partial charge is 0.455 e. The minimum atomic E-state index is -3.05. The van der Waals surface area contributed by atoms with Gasteiger partial charge in [-0.2, -0.15) is 0 Å². The summed E-state index contributed by atoms with van der Waals surface area (Å²) in [5.41, 5.74) is 2.74. The second kappa shape index (κ2) is 8.00. The second-order valence-corrected chi connectivity index (χ2v) is 10.1. The Labute approximate surface area is 158 Å². The Kier molecular flexibility index (Phi) is 5.92. The molecule has 26 heavy (non-hydrogen) atoms. The summed E-state index contributed by atoms with van der Waals surface area (Å²) in [5, 5.41) is 0. The van der Waals surface area contributed by atoms with Crippen LogP contribution < -0.4 is 0 Å². The lowest BCUT2D eigenvalue weighted by Gasteiger charge is -2.23. The average Bonchev–Trinajstić information content (AvgIpc) is 3.22. The van der Waals surface area contributed by atoms with Crippen LogP contribution in [0, 0.1) is 0 Å². The summed E-state index contributed by atoms with van der Waals surface area (Å²) in [6, 6.07) is 5.93. The standard InChI is InChI=1S/C18H23NO5S2/c1-19(15-7-8-26(22,23)12-15)17(20)10-24-18(21)11-25-16-6-5-13-3-2-4-14(13)9-16/h5-6,9,15H,2-4,7-8,10-12H2,1H3/t15-/m1/s1. The molecule has 0 aromatic heterocycles. The van der Waals surface area contributed by atoms with Gasteiger partial charge in [0, 0.05) is 18.0 Å². The van der Waals surface area contributed by atoms with Crippen LogP contribution in [0.5, 0.6) is 0 Å². The topological polar surface area (TPSA) is 80.8 Å². The SMILES string of the molecule is CN(C(=O)COC(=O)CSc1ccc2c(c1)CCC2)[C@@H]1CCS(=O)(=O)C1. The number of esters is 1. The van der Waals surface area contributed by atoms with E-state index >= 15 is 0 Å². The molecule has 142 valence electrons. The van der Waals surface area contributed by atoms with Gasteiger partial charge in [0.1, 0.15) is 0 Å². The number of thioether (sulfide) groups is 1. The first-order valence-corrected chi connectivity index (χ1v) is 11.5. The van der Waals surface area contributed by atoms with Gasteiger partial charge in [0.2, 0.25) is 0 Å². The van der Waals surface area contributed by atoms with E-state index in [0.717, 1.165) is 17.7 Å². The predicted octanol–water partition coefficient (Wildman–Crippen LogP) is 1.46. The maximum absolute atomic E-state index is 12.1. The molecule has 1 saturated heterocycles. The van der Waals surface area contributed by atoms with Crippen molar-refractivity contribution in [3.63, 3.8) is 0 Å². The number of carbonyl (C=O) groups excluding carboxylic acids is 2.